The molecule has 5 rings (SSSR count). The quantitative estimate of drug-likeness (QED) is 0.218. The van der Waals surface area contributed by atoms with Crippen molar-refractivity contribution < 1.29 is 14.3 Å². The normalized spacial score (nSPS) is 15.6. The van der Waals surface area contributed by atoms with Crippen LogP contribution in [0.5, 0.6) is 11.5 Å². The molecule has 198 valence electrons. The fourth-order valence-corrected chi connectivity index (χ4v) is 5.36. The van der Waals surface area contributed by atoms with E-state index in [1.165, 1.54) is 11.1 Å². The summed E-state index contributed by atoms with van der Waals surface area (Å²) in [5.74, 6) is 3.20. The predicted octanol–water partition coefficient (Wildman–Crippen LogP) is 6.86. The zero-order chi connectivity index (χ0) is 26.6. The Morgan fingerprint density at radius 3 is 2.61 bits per heavy atom. The third kappa shape index (κ3) is 5.26. The Hall–Kier alpha value is -3.80. The summed E-state index contributed by atoms with van der Waals surface area (Å²) in [6.45, 7) is 11.0. The number of rotatable bonds is 10. The van der Waals surface area contributed by atoms with E-state index >= 15 is 0 Å². The molecule has 0 radical (unpaired) electrons. The molecule has 1 unspecified atom stereocenters. The first-order chi connectivity index (χ1) is 18.5. The Bertz CT molecular complexity index is 1420. The molecular weight excluding hydrogens is 474 g/mol. The maximum atomic E-state index is 13.2. The molecule has 1 aromatic heterocycles. The van der Waals surface area contributed by atoms with Crippen LogP contribution in [0.1, 0.15) is 62.4 Å². The molecule has 38 heavy (non-hydrogen) atoms. The van der Waals surface area contributed by atoms with E-state index in [-0.39, 0.29) is 11.8 Å². The van der Waals surface area contributed by atoms with Gasteiger partial charge < -0.3 is 18.9 Å². The SMILES string of the molecule is CCOc1ccccc1N1CC(c2nc3ccccc3n2CCCOc2cc(C)ccc2C(C)C)CC1=O. The second-order valence-corrected chi connectivity index (χ2v) is 10.3. The molecule has 0 saturated carbocycles. The number of aryl methyl sites for hydroxylation is 2. The van der Waals surface area contributed by atoms with Crippen molar-refractivity contribution in [2.24, 2.45) is 0 Å². The lowest BCUT2D eigenvalue weighted by atomic mass is 10.0. The molecule has 0 spiro atoms. The number of para-hydroxylation sites is 4. The molecule has 1 atom stereocenters. The fraction of sp³-hybridized carbons (Fsp3) is 0.375. The summed E-state index contributed by atoms with van der Waals surface area (Å²) < 4.78 is 14.4. The average molecular weight is 512 g/mol. The number of carbonyl (C=O) groups excluding carboxylic acids is 1. The van der Waals surface area contributed by atoms with Gasteiger partial charge in [0.25, 0.3) is 0 Å². The van der Waals surface area contributed by atoms with Gasteiger partial charge in [-0.2, -0.15) is 0 Å². The molecule has 0 N–H and O–H groups in total. The molecule has 1 aliphatic rings. The van der Waals surface area contributed by atoms with Crippen molar-refractivity contribution in [3.63, 3.8) is 0 Å². The Kier molecular flexibility index (Phi) is 7.68. The van der Waals surface area contributed by atoms with Gasteiger partial charge in [0.05, 0.1) is 29.9 Å². The van der Waals surface area contributed by atoms with Crippen LogP contribution < -0.4 is 14.4 Å². The van der Waals surface area contributed by atoms with E-state index in [2.05, 4.69) is 49.6 Å². The van der Waals surface area contributed by atoms with Crippen molar-refractivity contribution in [1.29, 1.82) is 0 Å². The van der Waals surface area contributed by atoms with Gasteiger partial charge in [-0.05, 0) is 67.6 Å². The van der Waals surface area contributed by atoms with Crippen LogP contribution >= 0.6 is 0 Å². The summed E-state index contributed by atoms with van der Waals surface area (Å²) in [6, 6.07) is 22.4. The third-order valence-electron chi connectivity index (χ3n) is 7.20. The van der Waals surface area contributed by atoms with E-state index in [9.17, 15) is 4.79 Å². The Balaban J connectivity index is 1.35. The molecule has 1 fully saturated rings. The minimum atomic E-state index is 0.00909. The first-order valence-electron chi connectivity index (χ1n) is 13.7. The number of fused-ring (bicyclic) bond motifs is 1. The number of anilines is 1. The third-order valence-corrected chi connectivity index (χ3v) is 7.20. The van der Waals surface area contributed by atoms with E-state index in [1.54, 1.807) is 0 Å². The highest BCUT2D eigenvalue weighted by atomic mass is 16.5. The lowest BCUT2D eigenvalue weighted by Gasteiger charge is -2.20. The number of nitrogens with zero attached hydrogens (tertiary/aromatic N) is 3. The smallest absolute Gasteiger partial charge is 0.227 e. The zero-order valence-electron chi connectivity index (χ0n) is 22.8. The predicted molar refractivity (Wildman–Crippen MR) is 152 cm³/mol. The van der Waals surface area contributed by atoms with Gasteiger partial charge >= 0.3 is 0 Å². The molecule has 2 heterocycles. The summed E-state index contributed by atoms with van der Waals surface area (Å²) in [7, 11) is 0. The van der Waals surface area contributed by atoms with Crippen LogP contribution in [-0.4, -0.2) is 35.2 Å². The topological polar surface area (TPSA) is 56.6 Å². The number of aromatic nitrogens is 2. The first kappa shape index (κ1) is 25.8. The van der Waals surface area contributed by atoms with Crippen LogP contribution in [0.3, 0.4) is 0 Å². The summed E-state index contributed by atoms with van der Waals surface area (Å²) in [5, 5.41) is 0. The first-order valence-corrected chi connectivity index (χ1v) is 13.7. The summed E-state index contributed by atoms with van der Waals surface area (Å²) >= 11 is 0. The molecule has 3 aromatic carbocycles. The molecular formula is C32H37N3O3. The van der Waals surface area contributed by atoms with Crippen LogP contribution in [-0.2, 0) is 11.3 Å². The maximum Gasteiger partial charge on any atom is 0.227 e. The van der Waals surface area contributed by atoms with Gasteiger partial charge in [-0.25, -0.2) is 4.98 Å². The van der Waals surface area contributed by atoms with Gasteiger partial charge in [-0.3, -0.25) is 4.79 Å². The number of imidazole rings is 1. The van der Waals surface area contributed by atoms with Gasteiger partial charge in [-0.1, -0.05) is 50.2 Å². The van der Waals surface area contributed by atoms with Crippen molar-refractivity contribution in [2.45, 2.75) is 58.9 Å². The highest BCUT2D eigenvalue weighted by Gasteiger charge is 2.36. The summed E-state index contributed by atoms with van der Waals surface area (Å²) in [4.78, 5) is 20.1. The van der Waals surface area contributed by atoms with E-state index < -0.39 is 0 Å². The molecule has 1 amide bonds. The second kappa shape index (κ2) is 11.3. The zero-order valence-corrected chi connectivity index (χ0v) is 22.8. The molecule has 6 heteroatoms. The van der Waals surface area contributed by atoms with Crippen molar-refractivity contribution in [1.82, 2.24) is 9.55 Å². The van der Waals surface area contributed by atoms with E-state index in [0.29, 0.717) is 32.1 Å². The monoisotopic (exact) mass is 511 g/mol. The van der Waals surface area contributed by atoms with E-state index in [0.717, 1.165) is 47.0 Å². The van der Waals surface area contributed by atoms with Crippen molar-refractivity contribution in [3.8, 4) is 11.5 Å². The van der Waals surface area contributed by atoms with Crippen molar-refractivity contribution in [3.05, 3.63) is 83.7 Å². The van der Waals surface area contributed by atoms with E-state index in [1.807, 2.05) is 54.3 Å². The molecule has 1 aliphatic heterocycles. The number of carbonyl (C=O) groups is 1. The minimum Gasteiger partial charge on any atom is -0.493 e. The van der Waals surface area contributed by atoms with Gasteiger partial charge in [0.1, 0.15) is 17.3 Å². The molecule has 0 bridgehead atoms. The Morgan fingerprint density at radius 2 is 1.79 bits per heavy atom. The summed E-state index contributed by atoms with van der Waals surface area (Å²) in [6.07, 6.45) is 1.28. The van der Waals surface area contributed by atoms with Gasteiger partial charge in [-0.15, -0.1) is 0 Å². The lowest BCUT2D eigenvalue weighted by molar-refractivity contribution is -0.117. The second-order valence-electron chi connectivity index (χ2n) is 10.3. The molecule has 6 nitrogen and oxygen atoms in total. The van der Waals surface area contributed by atoms with Crippen LogP contribution in [0.4, 0.5) is 5.69 Å². The number of hydrogen-bond acceptors (Lipinski definition) is 4. The molecule has 1 saturated heterocycles. The number of amides is 1. The van der Waals surface area contributed by atoms with Crippen LogP contribution in [0.15, 0.2) is 66.7 Å². The highest BCUT2D eigenvalue weighted by Crippen LogP contribution is 2.37. The largest absolute Gasteiger partial charge is 0.493 e. The standard InChI is InChI=1S/C32H37N3O3/c1-5-37-29-14-9-8-13-28(29)35-21-24(20-31(35)36)32-33-26-11-6-7-12-27(26)34(32)17-10-18-38-30-19-23(4)15-16-25(30)22(2)3/h6-9,11-16,19,22,24H,5,10,17-18,20-21H2,1-4H3. The highest BCUT2D eigenvalue weighted by molar-refractivity contribution is 5.97. The number of benzene rings is 3. The van der Waals surface area contributed by atoms with Gasteiger partial charge in [0.2, 0.25) is 5.91 Å². The van der Waals surface area contributed by atoms with Crippen LogP contribution in [0, 0.1) is 6.92 Å². The molecule has 0 aliphatic carbocycles. The van der Waals surface area contributed by atoms with Gasteiger partial charge in [0.15, 0.2) is 0 Å². The Labute approximate surface area is 225 Å². The van der Waals surface area contributed by atoms with Crippen LogP contribution in [0.25, 0.3) is 11.0 Å². The maximum absolute atomic E-state index is 13.2. The van der Waals surface area contributed by atoms with Crippen molar-refractivity contribution >= 4 is 22.6 Å². The average Bonchev–Trinajstić information content (AvgIpc) is 3.47. The van der Waals surface area contributed by atoms with Crippen LogP contribution in [0.2, 0.25) is 0 Å². The van der Waals surface area contributed by atoms with Gasteiger partial charge in [0, 0.05) is 25.4 Å². The fourth-order valence-electron chi connectivity index (χ4n) is 5.36. The number of hydrogen-bond donors (Lipinski definition) is 0. The van der Waals surface area contributed by atoms with E-state index in [4.69, 9.17) is 14.5 Å². The summed E-state index contributed by atoms with van der Waals surface area (Å²) in [5.41, 5.74) is 5.33. The Morgan fingerprint density at radius 1 is 1.00 bits per heavy atom. The van der Waals surface area contributed by atoms with Crippen molar-refractivity contribution in [2.75, 3.05) is 24.7 Å². The minimum absolute atomic E-state index is 0.00909. The number of ether oxygens (including phenoxy) is 2. The lowest BCUT2D eigenvalue weighted by Crippen LogP contribution is -2.25. The molecule has 4 aromatic rings.